The number of nitrogens with zero attached hydrogens (tertiary/aromatic N) is 3. The highest BCUT2D eigenvalue weighted by Crippen LogP contribution is 2.26. The molecule has 0 aliphatic rings. The number of aryl methyl sites for hydroxylation is 2. The van der Waals surface area contributed by atoms with E-state index in [-0.39, 0.29) is 11.5 Å². The van der Waals surface area contributed by atoms with Crippen LogP contribution in [0.25, 0.3) is 16.5 Å². The van der Waals surface area contributed by atoms with Crippen LogP contribution < -0.4 is 10.9 Å². The monoisotopic (exact) mass is 434 g/mol. The molecule has 2 aromatic heterocycles. The first-order chi connectivity index (χ1) is 14.9. The molecule has 0 bridgehead atoms. The second kappa shape index (κ2) is 8.40. The van der Waals surface area contributed by atoms with Gasteiger partial charge in [0.2, 0.25) is 5.91 Å². The lowest BCUT2D eigenvalue weighted by Gasteiger charge is -2.18. The van der Waals surface area contributed by atoms with Crippen LogP contribution in [0.3, 0.4) is 0 Å². The lowest BCUT2D eigenvalue weighted by molar-refractivity contribution is -0.124. The van der Waals surface area contributed by atoms with Gasteiger partial charge < -0.3 is 9.88 Å². The standard InChI is InChI=1S/C24H23ClN4O2/c1-15-20-14-27-29(19-10-5-4-6-11-19)24(31)22(20)16(2)28(15)17(3)23(30)26-13-18-9-7-8-12-21(18)25/h4-12,14,17H,13H2,1-3H3,(H,26,30)/t17-/m0/s1. The number of rotatable bonds is 5. The van der Waals surface area contributed by atoms with Crippen molar-refractivity contribution < 1.29 is 4.79 Å². The molecule has 0 spiro atoms. The number of hydrogen-bond acceptors (Lipinski definition) is 3. The van der Waals surface area contributed by atoms with Crippen LogP contribution in [-0.2, 0) is 11.3 Å². The van der Waals surface area contributed by atoms with Gasteiger partial charge in [-0.05, 0) is 44.5 Å². The van der Waals surface area contributed by atoms with Gasteiger partial charge in [-0.2, -0.15) is 9.78 Å². The van der Waals surface area contributed by atoms with Gasteiger partial charge in [-0.1, -0.05) is 48.0 Å². The quantitative estimate of drug-likeness (QED) is 0.508. The maximum atomic E-state index is 13.2. The minimum Gasteiger partial charge on any atom is -0.350 e. The Labute approximate surface area is 185 Å². The summed E-state index contributed by atoms with van der Waals surface area (Å²) < 4.78 is 3.28. The van der Waals surface area contributed by atoms with Crippen molar-refractivity contribution in [3.8, 4) is 5.69 Å². The van der Waals surface area contributed by atoms with E-state index in [2.05, 4.69) is 10.4 Å². The van der Waals surface area contributed by atoms with Crippen LogP contribution in [0.5, 0.6) is 0 Å². The average molecular weight is 435 g/mol. The van der Waals surface area contributed by atoms with Crippen LogP contribution in [0.15, 0.2) is 65.6 Å². The molecule has 1 atom stereocenters. The summed E-state index contributed by atoms with van der Waals surface area (Å²) in [5.41, 5.74) is 2.92. The molecule has 7 heteroatoms. The number of hydrogen-bond donors (Lipinski definition) is 1. The van der Waals surface area contributed by atoms with Crippen LogP contribution >= 0.6 is 11.6 Å². The van der Waals surface area contributed by atoms with E-state index >= 15 is 0 Å². The van der Waals surface area contributed by atoms with E-state index in [1.165, 1.54) is 4.68 Å². The molecule has 0 saturated carbocycles. The number of para-hydroxylation sites is 1. The fourth-order valence-electron chi connectivity index (χ4n) is 4.00. The van der Waals surface area contributed by atoms with Gasteiger partial charge in [-0.25, -0.2) is 0 Å². The first-order valence-corrected chi connectivity index (χ1v) is 10.4. The Hall–Kier alpha value is -3.38. The lowest BCUT2D eigenvalue weighted by atomic mass is 10.2. The molecule has 2 aromatic carbocycles. The van der Waals surface area contributed by atoms with Crippen LogP contribution in [0.2, 0.25) is 5.02 Å². The highest BCUT2D eigenvalue weighted by atomic mass is 35.5. The van der Waals surface area contributed by atoms with Gasteiger partial charge in [0.05, 0.1) is 17.3 Å². The van der Waals surface area contributed by atoms with Crippen molar-refractivity contribution in [3.63, 3.8) is 0 Å². The number of aromatic nitrogens is 3. The molecule has 0 aliphatic carbocycles. The van der Waals surface area contributed by atoms with E-state index < -0.39 is 6.04 Å². The molecule has 0 unspecified atom stereocenters. The van der Waals surface area contributed by atoms with Crippen molar-refractivity contribution in [2.75, 3.05) is 0 Å². The molecule has 0 aliphatic heterocycles. The zero-order chi connectivity index (χ0) is 22.1. The van der Waals surface area contributed by atoms with Gasteiger partial charge in [0.15, 0.2) is 0 Å². The maximum absolute atomic E-state index is 13.2. The molecule has 0 fully saturated rings. The van der Waals surface area contributed by atoms with Gasteiger partial charge in [0, 0.05) is 28.3 Å². The molecule has 1 amide bonds. The summed E-state index contributed by atoms with van der Waals surface area (Å²) in [5.74, 6) is -0.150. The third-order valence-corrected chi connectivity index (χ3v) is 6.00. The predicted molar refractivity (Wildman–Crippen MR) is 123 cm³/mol. The van der Waals surface area contributed by atoms with Crippen LogP contribution in [0.1, 0.15) is 29.9 Å². The zero-order valence-electron chi connectivity index (χ0n) is 17.6. The number of benzene rings is 2. The van der Waals surface area contributed by atoms with Crippen molar-refractivity contribution in [1.82, 2.24) is 19.7 Å². The predicted octanol–water partition coefficient (Wildman–Crippen LogP) is 4.33. The highest BCUT2D eigenvalue weighted by Gasteiger charge is 2.23. The number of halogens is 1. The smallest absolute Gasteiger partial charge is 0.281 e. The second-order valence-corrected chi connectivity index (χ2v) is 7.92. The van der Waals surface area contributed by atoms with Crippen molar-refractivity contribution >= 4 is 28.3 Å². The molecular formula is C24H23ClN4O2. The van der Waals surface area contributed by atoms with Gasteiger partial charge in [-0.3, -0.25) is 9.59 Å². The van der Waals surface area contributed by atoms with Crippen molar-refractivity contribution in [1.29, 1.82) is 0 Å². The summed E-state index contributed by atoms with van der Waals surface area (Å²) in [6.45, 7) is 5.93. The molecular weight excluding hydrogens is 412 g/mol. The van der Waals surface area contributed by atoms with Gasteiger partial charge in [-0.15, -0.1) is 0 Å². The van der Waals surface area contributed by atoms with Crippen LogP contribution in [0.4, 0.5) is 0 Å². The first-order valence-electron chi connectivity index (χ1n) is 10.1. The Bertz CT molecular complexity index is 1320. The van der Waals surface area contributed by atoms with Crippen LogP contribution in [-0.4, -0.2) is 20.3 Å². The summed E-state index contributed by atoms with van der Waals surface area (Å²) in [4.78, 5) is 26.1. The number of carbonyl (C=O) groups excluding carboxylic acids is 1. The van der Waals surface area contributed by atoms with E-state index in [0.29, 0.717) is 22.6 Å². The van der Waals surface area contributed by atoms with Crippen molar-refractivity contribution in [2.45, 2.75) is 33.4 Å². The number of fused-ring (bicyclic) bond motifs is 1. The molecule has 0 radical (unpaired) electrons. The van der Waals surface area contributed by atoms with E-state index in [1.54, 1.807) is 12.3 Å². The summed E-state index contributed by atoms with van der Waals surface area (Å²) in [7, 11) is 0. The second-order valence-electron chi connectivity index (χ2n) is 7.51. The third kappa shape index (κ3) is 3.75. The molecule has 2 heterocycles. The summed E-state index contributed by atoms with van der Waals surface area (Å²) >= 11 is 6.19. The molecule has 6 nitrogen and oxygen atoms in total. The topological polar surface area (TPSA) is 68.9 Å². The number of carbonyl (C=O) groups is 1. The number of nitrogens with one attached hydrogen (secondary N) is 1. The van der Waals surface area contributed by atoms with Gasteiger partial charge in [0.25, 0.3) is 5.56 Å². The van der Waals surface area contributed by atoms with Crippen molar-refractivity contribution in [3.05, 3.63) is 93.1 Å². The molecule has 1 N–H and O–H groups in total. The largest absolute Gasteiger partial charge is 0.350 e. The molecule has 158 valence electrons. The number of amides is 1. The Balaban J connectivity index is 1.69. The van der Waals surface area contributed by atoms with Crippen LogP contribution in [0, 0.1) is 13.8 Å². The molecule has 4 aromatic rings. The molecule has 31 heavy (non-hydrogen) atoms. The summed E-state index contributed by atoms with van der Waals surface area (Å²) in [6.07, 6.45) is 1.69. The fourth-order valence-corrected chi connectivity index (χ4v) is 4.20. The summed E-state index contributed by atoms with van der Waals surface area (Å²) in [6, 6.07) is 16.2. The lowest BCUT2D eigenvalue weighted by Crippen LogP contribution is -2.31. The fraction of sp³-hybridized carbons (Fsp3) is 0.208. The highest BCUT2D eigenvalue weighted by molar-refractivity contribution is 6.31. The first kappa shape index (κ1) is 20.9. The Morgan fingerprint density at radius 1 is 1.06 bits per heavy atom. The average Bonchev–Trinajstić information content (AvgIpc) is 3.04. The normalized spacial score (nSPS) is 12.1. The third-order valence-electron chi connectivity index (χ3n) is 5.63. The molecule has 0 saturated heterocycles. The van der Waals surface area contributed by atoms with E-state index in [0.717, 1.165) is 22.3 Å². The van der Waals surface area contributed by atoms with E-state index in [9.17, 15) is 9.59 Å². The SMILES string of the molecule is Cc1c2cnn(-c3ccccc3)c(=O)c2c(C)n1[C@@H](C)C(=O)NCc1ccccc1Cl. The molecule has 4 rings (SSSR count). The summed E-state index contributed by atoms with van der Waals surface area (Å²) in [5, 5.41) is 9.24. The van der Waals surface area contributed by atoms with Crippen molar-refractivity contribution in [2.24, 2.45) is 0 Å². The Morgan fingerprint density at radius 2 is 1.74 bits per heavy atom. The Kier molecular flexibility index (Phi) is 5.65. The Morgan fingerprint density at radius 3 is 2.45 bits per heavy atom. The van der Waals surface area contributed by atoms with E-state index in [4.69, 9.17) is 11.6 Å². The minimum absolute atomic E-state index is 0.150. The van der Waals surface area contributed by atoms with Gasteiger partial charge >= 0.3 is 0 Å². The minimum atomic E-state index is -0.500. The van der Waals surface area contributed by atoms with E-state index in [1.807, 2.05) is 73.9 Å². The zero-order valence-corrected chi connectivity index (χ0v) is 18.3. The maximum Gasteiger partial charge on any atom is 0.281 e. The van der Waals surface area contributed by atoms with Gasteiger partial charge in [0.1, 0.15) is 6.04 Å².